The topological polar surface area (TPSA) is 84.6 Å². The molecule has 1 amide bonds. The number of aliphatic imine (C=N–C) groups is 1. The van der Waals surface area contributed by atoms with Gasteiger partial charge in [0.1, 0.15) is 11.5 Å². The third-order valence-electron chi connectivity index (χ3n) is 3.45. The molecule has 1 N–H and O–H groups in total. The maximum absolute atomic E-state index is 13.6. The third-order valence-corrected chi connectivity index (χ3v) is 4.36. The molecule has 1 fully saturated rings. The number of carbonyl (C=O) groups excluding carboxylic acids is 1. The Hall–Kier alpha value is -3.00. The Morgan fingerprint density at radius 2 is 2.04 bits per heavy atom. The SMILES string of the molecule is Cc1ccc(/C=C2\SC(=Nc3ccccc3F)NC2=O)cc1[N+](=O)[O-]. The predicted octanol–water partition coefficient (Wildman–Crippen LogP) is 3.93. The van der Waals surface area contributed by atoms with Crippen molar-refractivity contribution >= 4 is 40.3 Å². The van der Waals surface area contributed by atoms with Crippen LogP contribution in [-0.4, -0.2) is 16.0 Å². The summed E-state index contributed by atoms with van der Waals surface area (Å²) in [5, 5.41) is 13.8. The van der Waals surface area contributed by atoms with E-state index in [1.54, 1.807) is 31.2 Å². The predicted molar refractivity (Wildman–Crippen MR) is 95.0 cm³/mol. The molecule has 0 aromatic heterocycles. The lowest BCUT2D eigenvalue weighted by atomic mass is 10.1. The molecule has 0 radical (unpaired) electrons. The summed E-state index contributed by atoms with van der Waals surface area (Å²) in [4.78, 5) is 27.0. The average molecular weight is 357 g/mol. The van der Waals surface area contributed by atoms with Crippen molar-refractivity contribution in [3.63, 3.8) is 0 Å². The highest BCUT2D eigenvalue weighted by Crippen LogP contribution is 2.30. The van der Waals surface area contributed by atoms with E-state index in [0.717, 1.165) is 11.8 Å². The fourth-order valence-electron chi connectivity index (χ4n) is 2.20. The molecular weight excluding hydrogens is 345 g/mol. The highest BCUT2D eigenvalue weighted by Gasteiger charge is 2.24. The van der Waals surface area contributed by atoms with Gasteiger partial charge in [-0.05, 0) is 42.5 Å². The quantitative estimate of drug-likeness (QED) is 0.512. The second-order valence-electron chi connectivity index (χ2n) is 5.24. The minimum absolute atomic E-state index is 0.0157. The minimum atomic E-state index is -0.489. The number of nitrogens with one attached hydrogen (secondary N) is 1. The lowest BCUT2D eigenvalue weighted by Gasteiger charge is -1.99. The van der Waals surface area contributed by atoms with Crippen molar-refractivity contribution in [2.45, 2.75) is 6.92 Å². The van der Waals surface area contributed by atoms with Crippen LogP contribution in [0, 0.1) is 22.9 Å². The van der Waals surface area contributed by atoms with E-state index in [0.29, 0.717) is 16.0 Å². The zero-order valence-corrected chi connectivity index (χ0v) is 13.8. The van der Waals surface area contributed by atoms with Crippen molar-refractivity contribution in [3.8, 4) is 0 Å². The van der Waals surface area contributed by atoms with Crippen molar-refractivity contribution in [2.24, 2.45) is 4.99 Å². The molecule has 0 spiro atoms. The largest absolute Gasteiger partial charge is 0.300 e. The van der Waals surface area contributed by atoms with Crippen molar-refractivity contribution in [1.82, 2.24) is 5.32 Å². The number of rotatable bonds is 3. The van der Waals surface area contributed by atoms with Crippen LogP contribution < -0.4 is 5.32 Å². The number of hydrogen-bond donors (Lipinski definition) is 1. The van der Waals surface area contributed by atoms with Gasteiger partial charge in [-0.15, -0.1) is 0 Å². The Kier molecular flexibility index (Phi) is 4.62. The lowest BCUT2D eigenvalue weighted by molar-refractivity contribution is -0.385. The number of nitro benzene ring substituents is 1. The average Bonchev–Trinajstić information content (AvgIpc) is 2.90. The molecule has 0 unspecified atom stereocenters. The number of amides is 1. The number of hydrogen-bond acceptors (Lipinski definition) is 5. The number of nitro groups is 1. The smallest absolute Gasteiger partial charge is 0.272 e. The molecule has 0 atom stereocenters. The Balaban J connectivity index is 1.88. The van der Waals surface area contributed by atoms with Gasteiger partial charge in [0.05, 0.1) is 9.83 Å². The zero-order valence-electron chi connectivity index (χ0n) is 13.0. The standard InChI is InChI=1S/C17H12FN3O3S/c1-10-6-7-11(8-14(10)21(23)24)9-15-16(22)20-17(25-15)19-13-5-3-2-4-12(13)18/h2-9H,1H3,(H,19,20,22)/b15-9-. The number of nitrogens with zero attached hydrogens (tertiary/aromatic N) is 2. The number of aryl methyl sites for hydroxylation is 1. The fraction of sp³-hybridized carbons (Fsp3) is 0.0588. The van der Waals surface area contributed by atoms with E-state index in [4.69, 9.17) is 0 Å². The van der Waals surface area contributed by atoms with Gasteiger partial charge in [0.2, 0.25) is 0 Å². The van der Waals surface area contributed by atoms with Gasteiger partial charge in [-0.2, -0.15) is 0 Å². The molecule has 1 saturated heterocycles. The molecule has 0 saturated carbocycles. The number of para-hydroxylation sites is 1. The molecule has 0 bridgehead atoms. The Bertz CT molecular complexity index is 940. The molecule has 1 aliphatic heterocycles. The van der Waals surface area contributed by atoms with Crippen LogP contribution in [0.2, 0.25) is 0 Å². The Morgan fingerprint density at radius 3 is 2.76 bits per heavy atom. The first kappa shape index (κ1) is 16.8. The van der Waals surface area contributed by atoms with Crippen molar-refractivity contribution in [2.75, 3.05) is 0 Å². The molecular formula is C17H12FN3O3S. The van der Waals surface area contributed by atoms with Gasteiger partial charge in [0.15, 0.2) is 5.17 Å². The van der Waals surface area contributed by atoms with Gasteiger partial charge in [-0.25, -0.2) is 9.38 Å². The summed E-state index contributed by atoms with van der Waals surface area (Å²) in [7, 11) is 0. The van der Waals surface area contributed by atoms with Gasteiger partial charge >= 0.3 is 0 Å². The molecule has 126 valence electrons. The summed E-state index contributed by atoms with van der Waals surface area (Å²) in [6.07, 6.45) is 1.54. The first-order valence-corrected chi connectivity index (χ1v) is 8.05. The summed E-state index contributed by atoms with van der Waals surface area (Å²) in [6, 6.07) is 10.7. The maximum atomic E-state index is 13.6. The van der Waals surface area contributed by atoms with Crippen LogP contribution in [-0.2, 0) is 4.79 Å². The van der Waals surface area contributed by atoms with Gasteiger partial charge in [0.25, 0.3) is 11.6 Å². The van der Waals surface area contributed by atoms with Gasteiger partial charge in [-0.3, -0.25) is 14.9 Å². The number of halogens is 1. The highest BCUT2D eigenvalue weighted by atomic mass is 32.2. The van der Waals surface area contributed by atoms with E-state index in [1.807, 2.05) is 0 Å². The van der Waals surface area contributed by atoms with Gasteiger partial charge in [-0.1, -0.05) is 24.3 Å². The molecule has 3 rings (SSSR count). The monoisotopic (exact) mass is 357 g/mol. The first-order valence-electron chi connectivity index (χ1n) is 7.23. The molecule has 8 heteroatoms. The molecule has 0 aliphatic carbocycles. The number of amidine groups is 1. The van der Waals surface area contributed by atoms with Crippen LogP contribution >= 0.6 is 11.8 Å². The van der Waals surface area contributed by atoms with Crippen molar-refractivity contribution in [1.29, 1.82) is 0 Å². The fourth-order valence-corrected chi connectivity index (χ4v) is 3.03. The summed E-state index contributed by atoms with van der Waals surface area (Å²) in [5.74, 6) is -0.875. The molecule has 2 aromatic rings. The van der Waals surface area contributed by atoms with E-state index >= 15 is 0 Å². The summed E-state index contributed by atoms with van der Waals surface area (Å²) in [5.41, 5.74) is 1.18. The second-order valence-corrected chi connectivity index (χ2v) is 6.27. The van der Waals surface area contributed by atoms with Crippen LogP contribution in [0.4, 0.5) is 15.8 Å². The number of carbonyl (C=O) groups is 1. The highest BCUT2D eigenvalue weighted by molar-refractivity contribution is 8.18. The van der Waals surface area contributed by atoms with Crippen LogP contribution in [0.5, 0.6) is 0 Å². The van der Waals surface area contributed by atoms with E-state index in [2.05, 4.69) is 10.3 Å². The summed E-state index contributed by atoms with van der Waals surface area (Å²) >= 11 is 1.05. The molecule has 2 aromatic carbocycles. The lowest BCUT2D eigenvalue weighted by Crippen LogP contribution is -2.19. The minimum Gasteiger partial charge on any atom is -0.300 e. The maximum Gasteiger partial charge on any atom is 0.272 e. The van der Waals surface area contributed by atoms with Crippen molar-refractivity contribution in [3.05, 3.63) is 74.4 Å². The van der Waals surface area contributed by atoms with E-state index in [1.165, 1.54) is 24.3 Å². The number of thioether (sulfide) groups is 1. The van der Waals surface area contributed by atoms with E-state index in [9.17, 15) is 19.3 Å². The first-order chi connectivity index (χ1) is 11.9. The summed E-state index contributed by atoms with van der Waals surface area (Å²) in [6.45, 7) is 1.64. The molecule has 1 heterocycles. The molecule has 25 heavy (non-hydrogen) atoms. The second kappa shape index (κ2) is 6.86. The number of benzene rings is 2. The van der Waals surface area contributed by atoms with E-state index in [-0.39, 0.29) is 22.4 Å². The Labute approximate surface area is 146 Å². The summed E-state index contributed by atoms with van der Waals surface area (Å²) < 4.78 is 13.6. The third kappa shape index (κ3) is 3.74. The van der Waals surface area contributed by atoms with E-state index < -0.39 is 10.7 Å². The molecule has 6 nitrogen and oxygen atoms in total. The van der Waals surface area contributed by atoms with Crippen LogP contribution in [0.25, 0.3) is 6.08 Å². The van der Waals surface area contributed by atoms with Gasteiger partial charge in [0, 0.05) is 11.6 Å². The van der Waals surface area contributed by atoms with Gasteiger partial charge < -0.3 is 5.32 Å². The van der Waals surface area contributed by atoms with Crippen LogP contribution in [0.15, 0.2) is 52.4 Å². The normalized spacial score (nSPS) is 17.1. The molecule has 1 aliphatic rings. The zero-order chi connectivity index (χ0) is 18.0. The van der Waals surface area contributed by atoms with Crippen LogP contribution in [0.1, 0.15) is 11.1 Å². The Morgan fingerprint density at radius 1 is 1.28 bits per heavy atom. The van der Waals surface area contributed by atoms with Crippen LogP contribution in [0.3, 0.4) is 0 Å². The van der Waals surface area contributed by atoms with Crippen molar-refractivity contribution < 1.29 is 14.1 Å².